The van der Waals surface area contributed by atoms with E-state index in [0.717, 1.165) is 24.2 Å². The Hall–Kier alpha value is -1.42. The SMILES string of the molecule is CSCCCCCNC(=O)/C=C/c1ccc(N)cc1. The summed E-state index contributed by atoms with van der Waals surface area (Å²) < 4.78 is 0. The molecule has 0 aromatic heterocycles. The van der Waals surface area contributed by atoms with Crippen molar-refractivity contribution < 1.29 is 4.79 Å². The third-order valence-electron chi connectivity index (χ3n) is 2.69. The standard InChI is InChI=1S/C15H22N2OS/c1-19-12-4-2-3-11-17-15(18)10-7-13-5-8-14(16)9-6-13/h5-10H,2-4,11-12,16H2,1H3,(H,17,18)/b10-7+. The van der Waals surface area contributed by atoms with Gasteiger partial charge in [-0.15, -0.1) is 0 Å². The number of hydrogen-bond donors (Lipinski definition) is 2. The molecule has 1 aromatic rings. The molecule has 0 spiro atoms. The lowest BCUT2D eigenvalue weighted by atomic mass is 10.2. The van der Waals surface area contributed by atoms with Crippen molar-refractivity contribution in [2.75, 3.05) is 24.3 Å². The second-order valence-corrected chi connectivity index (χ2v) is 5.33. The lowest BCUT2D eigenvalue weighted by Crippen LogP contribution is -2.21. The number of benzene rings is 1. The van der Waals surface area contributed by atoms with Crippen LogP contribution in [0.5, 0.6) is 0 Å². The van der Waals surface area contributed by atoms with Gasteiger partial charge in [0.25, 0.3) is 0 Å². The summed E-state index contributed by atoms with van der Waals surface area (Å²) in [7, 11) is 0. The van der Waals surface area contributed by atoms with Crippen LogP contribution in [-0.4, -0.2) is 24.5 Å². The monoisotopic (exact) mass is 278 g/mol. The first kappa shape index (κ1) is 15.6. The Balaban J connectivity index is 2.18. The fourth-order valence-corrected chi connectivity index (χ4v) is 2.09. The minimum atomic E-state index is -0.0401. The molecule has 1 amide bonds. The van der Waals surface area contributed by atoms with Crippen LogP contribution in [0.2, 0.25) is 0 Å². The molecule has 0 aliphatic rings. The van der Waals surface area contributed by atoms with E-state index in [2.05, 4.69) is 11.6 Å². The van der Waals surface area contributed by atoms with Crippen LogP contribution in [0.25, 0.3) is 6.08 Å². The number of amides is 1. The number of nitrogens with one attached hydrogen (secondary N) is 1. The maximum absolute atomic E-state index is 11.5. The first-order valence-electron chi connectivity index (χ1n) is 6.53. The summed E-state index contributed by atoms with van der Waals surface area (Å²) in [5.41, 5.74) is 7.30. The molecule has 0 unspecified atom stereocenters. The molecule has 0 aliphatic heterocycles. The molecule has 0 atom stereocenters. The second kappa shape index (κ2) is 9.50. The Morgan fingerprint density at radius 3 is 2.68 bits per heavy atom. The van der Waals surface area contributed by atoms with Gasteiger partial charge in [-0.3, -0.25) is 4.79 Å². The Morgan fingerprint density at radius 1 is 1.26 bits per heavy atom. The van der Waals surface area contributed by atoms with Gasteiger partial charge in [-0.1, -0.05) is 18.6 Å². The molecule has 1 rings (SSSR count). The van der Waals surface area contributed by atoms with Gasteiger partial charge in [0.1, 0.15) is 0 Å². The molecule has 4 heteroatoms. The van der Waals surface area contributed by atoms with E-state index in [9.17, 15) is 4.79 Å². The summed E-state index contributed by atoms with van der Waals surface area (Å²) in [5.74, 6) is 1.16. The number of rotatable bonds is 8. The molecular formula is C15H22N2OS. The van der Waals surface area contributed by atoms with Gasteiger partial charge < -0.3 is 11.1 Å². The average Bonchev–Trinajstić information content (AvgIpc) is 2.42. The molecular weight excluding hydrogens is 256 g/mol. The lowest BCUT2D eigenvalue weighted by molar-refractivity contribution is -0.116. The van der Waals surface area contributed by atoms with Crippen molar-refractivity contribution in [1.29, 1.82) is 0 Å². The summed E-state index contributed by atoms with van der Waals surface area (Å²) >= 11 is 1.87. The molecule has 0 bridgehead atoms. The van der Waals surface area contributed by atoms with Crippen LogP contribution in [0.4, 0.5) is 5.69 Å². The maximum atomic E-state index is 11.5. The first-order chi connectivity index (χ1) is 9.22. The molecule has 0 radical (unpaired) electrons. The zero-order chi connectivity index (χ0) is 13.9. The van der Waals surface area contributed by atoms with Gasteiger partial charge in [0.05, 0.1) is 0 Å². The van der Waals surface area contributed by atoms with Gasteiger partial charge in [-0.2, -0.15) is 11.8 Å². The van der Waals surface area contributed by atoms with Gasteiger partial charge >= 0.3 is 0 Å². The number of anilines is 1. The normalized spacial score (nSPS) is 10.8. The topological polar surface area (TPSA) is 55.1 Å². The van der Waals surface area contributed by atoms with E-state index in [1.54, 1.807) is 12.2 Å². The molecule has 0 aliphatic carbocycles. The number of thioether (sulfide) groups is 1. The van der Waals surface area contributed by atoms with Gasteiger partial charge in [0, 0.05) is 18.3 Å². The zero-order valence-corrected chi connectivity index (χ0v) is 12.2. The molecule has 19 heavy (non-hydrogen) atoms. The molecule has 0 fully saturated rings. The highest BCUT2D eigenvalue weighted by molar-refractivity contribution is 7.98. The van der Waals surface area contributed by atoms with Crippen LogP contribution in [0.15, 0.2) is 30.3 Å². The molecule has 1 aromatic carbocycles. The third kappa shape index (κ3) is 7.57. The van der Waals surface area contributed by atoms with E-state index >= 15 is 0 Å². The number of nitrogen functional groups attached to an aromatic ring is 1. The van der Waals surface area contributed by atoms with Crippen LogP contribution in [-0.2, 0) is 4.79 Å². The Labute approximate surface area is 119 Å². The van der Waals surface area contributed by atoms with Crippen LogP contribution >= 0.6 is 11.8 Å². The summed E-state index contributed by atoms with van der Waals surface area (Å²) in [6.07, 6.45) is 8.91. The predicted octanol–water partition coefficient (Wildman–Crippen LogP) is 2.93. The van der Waals surface area contributed by atoms with Gasteiger partial charge in [-0.05, 0) is 48.6 Å². The summed E-state index contributed by atoms with van der Waals surface area (Å²) in [4.78, 5) is 11.5. The first-order valence-corrected chi connectivity index (χ1v) is 7.92. The molecule has 0 saturated carbocycles. The number of carbonyl (C=O) groups excluding carboxylic acids is 1. The summed E-state index contributed by atoms with van der Waals surface area (Å²) in [6, 6.07) is 7.43. The number of hydrogen-bond acceptors (Lipinski definition) is 3. The fourth-order valence-electron chi connectivity index (χ4n) is 1.60. The Morgan fingerprint density at radius 2 is 2.00 bits per heavy atom. The zero-order valence-electron chi connectivity index (χ0n) is 11.4. The van der Waals surface area contributed by atoms with Gasteiger partial charge in [0.15, 0.2) is 0 Å². The molecule has 3 N–H and O–H groups in total. The van der Waals surface area contributed by atoms with Crippen molar-refractivity contribution in [2.45, 2.75) is 19.3 Å². The fraction of sp³-hybridized carbons (Fsp3) is 0.400. The highest BCUT2D eigenvalue weighted by Crippen LogP contribution is 2.06. The van der Waals surface area contributed by atoms with Gasteiger partial charge in [0.2, 0.25) is 5.91 Å². The minimum Gasteiger partial charge on any atom is -0.399 e. The average molecular weight is 278 g/mol. The molecule has 104 valence electrons. The molecule has 3 nitrogen and oxygen atoms in total. The second-order valence-electron chi connectivity index (χ2n) is 4.34. The molecule has 0 saturated heterocycles. The maximum Gasteiger partial charge on any atom is 0.243 e. The molecule has 0 heterocycles. The van der Waals surface area contributed by atoms with E-state index in [4.69, 9.17) is 5.73 Å². The van der Waals surface area contributed by atoms with Crippen molar-refractivity contribution in [3.8, 4) is 0 Å². The van der Waals surface area contributed by atoms with E-state index in [1.165, 1.54) is 18.6 Å². The summed E-state index contributed by atoms with van der Waals surface area (Å²) in [6.45, 7) is 0.749. The van der Waals surface area contributed by atoms with Crippen molar-refractivity contribution in [3.05, 3.63) is 35.9 Å². The van der Waals surface area contributed by atoms with Gasteiger partial charge in [-0.25, -0.2) is 0 Å². The summed E-state index contributed by atoms with van der Waals surface area (Å²) in [5, 5.41) is 2.88. The van der Waals surface area contributed by atoms with Crippen molar-refractivity contribution in [3.63, 3.8) is 0 Å². The van der Waals surface area contributed by atoms with Crippen LogP contribution < -0.4 is 11.1 Å². The van der Waals surface area contributed by atoms with Crippen LogP contribution in [0.1, 0.15) is 24.8 Å². The van der Waals surface area contributed by atoms with Crippen LogP contribution in [0, 0.1) is 0 Å². The van der Waals surface area contributed by atoms with E-state index in [0.29, 0.717) is 0 Å². The van der Waals surface area contributed by atoms with Crippen molar-refractivity contribution in [2.24, 2.45) is 0 Å². The number of nitrogens with two attached hydrogens (primary N) is 1. The van der Waals surface area contributed by atoms with E-state index in [-0.39, 0.29) is 5.91 Å². The Bertz CT molecular complexity index is 401. The highest BCUT2D eigenvalue weighted by Gasteiger charge is 1.95. The quantitative estimate of drug-likeness (QED) is 0.437. The minimum absolute atomic E-state index is 0.0401. The largest absolute Gasteiger partial charge is 0.399 e. The van der Waals surface area contributed by atoms with E-state index in [1.807, 2.05) is 36.0 Å². The van der Waals surface area contributed by atoms with E-state index < -0.39 is 0 Å². The highest BCUT2D eigenvalue weighted by atomic mass is 32.2. The van der Waals surface area contributed by atoms with Crippen LogP contribution in [0.3, 0.4) is 0 Å². The smallest absolute Gasteiger partial charge is 0.243 e. The van der Waals surface area contributed by atoms with Crippen molar-refractivity contribution in [1.82, 2.24) is 5.32 Å². The number of unbranched alkanes of at least 4 members (excludes halogenated alkanes) is 2. The predicted molar refractivity (Wildman–Crippen MR) is 85.1 cm³/mol. The van der Waals surface area contributed by atoms with Crippen molar-refractivity contribution >= 4 is 29.4 Å². The third-order valence-corrected chi connectivity index (χ3v) is 3.39. The lowest BCUT2D eigenvalue weighted by Gasteiger charge is -2.02. The number of carbonyl (C=O) groups is 1. The Kier molecular flexibility index (Phi) is 7.82.